The Bertz CT molecular complexity index is 984. The van der Waals surface area contributed by atoms with E-state index in [0.717, 1.165) is 16.3 Å². The number of carbonyl (C=O) groups is 2. The molecule has 3 aromatic carbocycles. The van der Waals surface area contributed by atoms with Crippen LogP contribution in [0.25, 0.3) is 10.8 Å². The molecule has 0 bridgehead atoms. The Kier molecular flexibility index (Phi) is 6.90. The van der Waals surface area contributed by atoms with Crippen LogP contribution in [0.1, 0.15) is 22.3 Å². The molecule has 0 fully saturated rings. The molecule has 0 aliphatic heterocycles. The monoisotopic (exact) mass is 414 g/mol. The molecule has 0 aliphatic carbocycles. The summed E-state index contributed by atoms with van der Waals surface area (Å²) >= 11 is 11.9. The van der Waals surface area contributed by atoms with Crippen LogP contribution in [0, 0.1) is 0 Å². The highest BCUT2D eigenvalue weighted by molar-refractivity contribution is 6.34. The lowest BCUT2D eigenvalue weighted by Gasteiger charge is -2.08. The van der Waals surface area contributed by atoms with Gasteiger partial charge >= 0.3 is 0 Å². The zero-order chi connectivity index (χ0) is 19.9. The number of amides is 2. The Morgan fingerprint density at radius 2 is 1.50 bits per heavy atom. The molecule has 0 aliphatic rings. The third kappa shape index (κ3) is 5.72. The smallest absolute Gasteiger partial charge is 0.251 e. The van der Waals surface area contributed by atoms with E-state index >= 15 is 0 Å². The minimum atomic E-state index is -0.188. The van der Waals surface area contributed by atoms with E-state index in [1.54, 1.807) is 12.1 Å². The molecular weight excluding hydrogens is 395 g/mol. The predicted molar refractivity (Wildman–Crippen MR) is 114 cm³/mol. The highest BCUT2D eigenvalue weighted by atomic mass is 35.5. The molecule has 0 saturated carbocycles. The fourth-order valence-electron chi connectivity index (χ4n) is 2.91. The molecule has 4 nitrogen and oxygen atoms in total. The molecule has 144 valence electrons. The number of carbonyl (C=O) groups excluding carboxylic acids is 2. The van der Waals surface area contributed by atoms with E-state index in [1.807, 2.05) is 48.5 Å². The maximum absolute atomic E-state index is 12.3. The molecule has 0 saturated heterocycles. The van der Waals surface area contributed by atoms with Gasteiger partial charge in [-0.25, -0.2) is 0 Å². The van der Waals surface area contributed by atoms with Crippen molar-refractivity contribution in [3.63, 3.8) is 0 Å². The number of halogens is 2. The van der Waals surface area contributed by atoms with Crippen molar-refractivity contribution in [1.29, 1.82) is 0 Å². The first kappa shape index (κ1) is 20.2. The summed E-state index contributed by atoms with van der Waals surface area (Å²) in [5.41, 5.74) is 1.54. The summed E-state index contributed by atoms with van der Waals surface area (Å²) in [6.45, 7) is 0.759. The minimum Gasteiger partial charge on any atom is -0.356 e. The topological polar surface area (TPSA) is 58.2 Å². The SMILES string of the molecule is O=C(CCNC(=O)c1ccc2ccccc2c1)NCCc1cc(Cl)cc(Cl)c1. The molecule has 3 rings (SSSR count). The first-order valence-electron chi connectivity index (χ1n) is 9.00. The van der Waals surface area contributed by atoms with Gasteiger partial charge in [-0.3, -0.25) is 9.59 Å². The molecule has 6 heteroatoms. The van der Waals surface area contributed by atoms with Crippen molar-refractivity contribution in [3.05, 3.63) is 81.8 Å². The fourth-order valence-corrected chi connectivity index (χ4v) is 3.48. The van der Waals surface area contributed by atoms with Crippen LogP contribution in [0.5, 0.6) is 0 Å². The van der Waals surface area contributed by atoms with E-state index in [2.05, 4.69) is 10.6 Å². The van der Waals surface area contributed by atoms with Crippen LogP contribution in [0.3, 0.4) is 0 Å². The summed E-state index contributed by atoms with van der Waals surface area (Å²) in [7, 11) is 0. The van der Waals surface area contributed by atoms with Crippen molar-refractivity contribution in [3.8, 4) is 0 Å². The fraction of sp³-hybridized carbons (Fsp3) is 0.182. The lowest BCUT2D eigenvalue weighted by atomic mass is 10.1. The standard InChI is InChI=1S/C22H20Cl2N2O2/c23-19-11-15(12-20(24)14-19)7-9-25-21(27)8-10-26-22(28)18-6-5-16-3-1-2-4-17(16)13-18/h1-6,11-14H,7-10H2,(H,25,27)(H,26,28). The van der Waals surface area contributed by atoms with Gasteiger partial charge in [0.15, 0.2) is 0 Å². The Labute approximate surface area is 173 Å². The molecule has 28 heavy (non-hydrogen) atoms. The second kappa shape index (κ2) is 9.58. The van der Waals surface area contributed by atoms with E-state index in [-0.39, 0.29) is 24.8 Å². The number of rotatable bonds is 7. The van der Waals surface area contributed by atoms with Crippen molar-refractivity contribution in [2.45, 2.75) is 12.8 Å². The van der Waals surface area contributed by atoms with Crippen LogP contribution in [-0.4, -0.2) is 24.9 Å². The number of hydrogen-bond donors (Lipinski definition) is 2. The molecule has 0 heterocycles. The summed E-state index contributed by atoms with van der Waals surface area (Å²) in [4.78, 5) is 24.2. The van der Waals surface area contributed by atoms with Gasteiger partial charge in [-0.2, -0.15) is 0 Å². The Hall–Kier alpha value is -2.56. The highest BCUT2D eigenvalue weighted by Gasteiger charge is 2.08. The summed E-state index contributed by atoms with van der Waals surface area (Å²) in [5, 5.41) is 8.85. The third-order valence-corrected chi connectivity index (χ3v) is 4.74. The zero-order valence-electron chi connectivity index (χ0n) is 15.2. The van der Waals surface area contributed by atoms with Gasteiger partial charge in [0.25, 0.3) is 5.91 Å². The van der Waals surface area contributed by atoms with E-state index in [9.17, 15) is 9.59 Å². The Morgan fingerprint density at radius 1 is 0.786 bits per heavy atom. The summed E-state index contributed by atoms with van der Waals surface area (Å²) in [5.74, 6) is -0.306. The minimum absolute atomic E-state index is 0.119. The predicted octanol–water partition coefficient (Wildman–Crippen LogP) is 4.63. The normalized spacial score (nSPS) is 10.6. The molecule has 0 aromatic heterocycles. The van der Waals surface area contributed by atoms with E-state index in [1.165, 1.54) is 0 Å². The Balaban J connectivity index is 1.41. The van der Waals surface area contributed by atoms with Crippen molar-refractivity contribution < 1.29 is 9.59 Å². The lowest BCUT2D eigenvalue weighted by molar-refractivity contribution is -0.120. The molecular formula is C22H20Cl2N2O2. The summed E-state index contributed by atoms with van der Waals surface area (Å²) in [6, 6.07) is 18.7. The molecule has 0 atom stereocenters. The van der Waals surface area contributed by atoms with Crippen molar-refractivity contribution in [2.75, 3.05) is 13.1 Å². The van der Waals surface area contributed by atoms with Gasteiger partial charge < -0.3 is 10.6 Å². The third-order valence-electron chi connectivity index (χ3n) is 4.31. The quantitative estimate of drug-likeness (QED) is 0.592. The Morgan fingerprint density at radius 3 is 2.25 bits per heavy atom. The highest BCUT2D eigenvalue weighted by Crippen LogP contribution is 2.19. The van der Waals surface area contributed by atoms with Crippen LogP contribution in [0.4, 0.5) is 0 Å². The van der Waals surface area contributed by atoms with Gasteiger partial charge in [-0.1, -0.05) is 53.5 Å². The van der Waals surface area contributed by atoms with Crippen molar-refractivity contribution in [1.82, 2.24) is 10.6 Å². The van der Waals surface area contributed by atoms with Gasteiger partial charge in [0.2, 0.25) is 5.91 Å². The molecule has 0 unspecified atom stereocenters. The number of benzene rings is 3. The average molecular weight is 415 g/mol. The van der Waals surface area contributed by atoms with Crippen LogP contribution in [0.2, 0.25) is 10.0 Å². The number of fused-ring (bicyclic) bond motifs is 1. The maximum atomic E-state index is 12.3. The van der Waals surface area contributed by atoms with Gasteiger partial charge in [-0.15, -0.1) is 0 Å². The van der Waals surface area contributed by atoms with Crippen LogP contribution < -0.4 is 10.6 Å². The molecule has 2 N–H and O–H groups in total. The zero-order valence-corrected chi connectivity index (χ0v) is 16.7. The molecule has 3 aromatic rings. The van der Waals surface area contributed by atoms with Crippen LogP contribution in [0.15, 0.2) is 60.7 Å². The van der Waals surface area contributed by atoms with E-state index < -0.39 is 0 Å². The summed E-state index contributed by atoms with van der Waals surface area (Å²) in [6.07, 6.45) is 0.852. The van der Waals surface area contributed by atoms with Gasteiger partial charge in [0, 0.05) is 35.1 Å². The average Bonchev–Trinajstić information content (AvgIpc) is 2.66. The van der Waals surface area contributed by atoms with Crippen molar-refractivity contribution >= 4 is 45.8 Å². The van der Waals surface area contributed by atoms with Gasteiger partial charge in [0.1, 0.15) is 0 Å². The second-order valence-electron chi connectivity index (χ2n) is 6.45. The largest absolute Gasteiger partial charge is 0.356 e. The molecule has 0 radical (unpaired) electrons. The first-order valence-corrected chi connectivity index (χ1v) is 9.75. The lowest BCUT2D eigenvalue weighted by Crippen LogP contribution is -2.31. The van der Waals surface area contributed by atoms with Crippen LogP contribution >= 0.6 is 23.2 Å². The van der Waals surface area contributed by atoms with Gasteiger partial charge in [0.05, 0.1) is 0 Å². The van der Waals surface area contributed by atoms with Crippen LogP contribution in [-0.2, 0) is 11.2 Å². The molecule has 2 amide bonds. The number of nitrogens with one attached hydrogen (secondary N) is 2. The molecule has 0 spiro atoms. The first-order chi connectivity index (χ1) is 13.5. The second-order valence-corrected chi connectivity index (χ2v) is 7.32. The summed E-state index contributed by atoms with van der Waals surface area (Å²) < 4.78 is 0. The van der Waals surface area contributed by atoms with Gasteiger partial charge in [-0.05, 0) is 53.1 Å². The maximum Gasteiger partial charge on any atom is 0.251 e. The van der Waals surface area contributed by atoms with E-state index in [4.69, 9.17) is 23.2 Å². The van der Waals surface area contributed by atoms with E-state index in [0.29, 0.717) is 28.6 Å². The van der Waals surface area contributed by atoms with Crippen molar-refractivity contribution in [2.24, 2.45) is 0 Å². The number of hydrogen-bond acceptors (Lipinski definition) is 2.